The van der Waals surface area contributed by atoms with E-state index in [0.29, 0.717) is 29.7 Å². The molecule has 2 atom stereocenters. The molecular weight excluding hydrogens is 425 g/mol. The highest BCUT2D eigenvalue weighted by Gasteiger charge is 2.16. The van der Waals surface area contributed by atoms with Crippen LogP contribution in [0.5, 0.6) is 0 Å². The number of hydrogen-bond acceptors (Lipinski definition) is 2. The zero-order chi connectivity index (χ0) is 25.7. The number of hydrogen-bond donors (Lipinski definition) is 0. The van der Waals surface area contributed by atoms with E-state index in [9.17, 15) is 13.2 Å². The van der Waals surface area contributed by atoms with Gasteiger partial charge in [-0.25, -0.2) is 8.78 Å². The summed E-state index contributed by atoms with van der Waals surface area (Å²) in [5.74, 6) is -3.60. The fraction of sp³-hybridized carbons (Fsp3) is 0.357. The van der Waals surface area contributed by atoms with Gasteiger partial charge in [-0.05, 0) is 48.1 Å². The minimum Gasteiger partial charge on any atom is -0.491 e. The molecular formula is C28H37F3O2. The molecule has 0 saturated carbocycles. The van der Waals surface area contributed by atoms with Crippen LogP contribution in [0.15, 0.2) is 109 Å². The van der Waals surface area contributed by atoms with Crippen molar-refractivity contribution in [1.29, 1.82) is 0 Å². The fourth-order valence-corrected chi connectivity index (χ4v) is 2.19. The Morgan fingerprint density at radius 2 is 1.42 bits per heavy atom. The van der Waals surface area contributed by atoms with Crippen LogP contribution in [-0.2, 0) is 9.47 Å². The van der Waals surface area contributed by atoms with E-state index in [2.05, 4.69) is 39.5 Å². The smallest absolute Gasteiger partial charge is 0.200 e. The number of ether oxygens (including phenoxy) is 2. The van der Waals surface area contributed by atoms with Gasteiger partial charge >= 0.3 is 0 Å². The Hall–Kier alpha value is -2.79. The summed E-state index contributed by atoms with van der Waals surface area (Å²) in [7, 11) is 0. The largest absolute Gasteiger partial charge is 0.491 e. The molecule has 0 heterocycles. The molecule has 0 aliphatic rings. The van der Waals surface area contributed by atoms with Crippen molar-refractivity contribution in [1.82, 2.24) is 0 Å². The lowest BCUT2D eigenvalue weighted by atomic mass is 9.99. The van der Waals surface area contributed by atoms with Crippen LogP contribution >= 0.6 is 0 Å². The first kappa shape index (κ1) is 30.2. The van der Waals surface area contributed by atoms with Gasteiger partial charge in [0, 0.05) is 11.5 Å². The molecule has 0 spiro atoms. The summed E-state index contributed by atoms with van der Waals surface area (Å²) in [5.41, 5.74) is 0.776. The van der Waals surface area contributed by atoms with Crippen LogP contribution < -0.4 is 0 Å². The minimum absolute atomic E-state index is 0.0881. The SMILES string of the molecule is C=C(/C=C\C(=C)C(=C)/C(F)=C(/F)C(=C)OCCC)C(=C)/C=C(/F)C(=C)C(C)COC(C)CC. The molecule has 0 aromatic rings. The van der Waals surface area contributed by atoms with Gasteiger partial charge in [-0.3, -0.25) is 0 Å². The van der Waals surface area contributed by atoms with Crippen LogP contribution in [0.25, 0.3) is 0 Å². The Bertz CT molecular complexity index is 872. The lowest BCUT2D eigenvalue weighted by Crippen LogP contribution is -2.14. The van der Waals surface area contributed by atoms with Crippen LogP contribution in [0.3, 0.4) is 0 Å². The first-order valence-electron chi connectivity index (χ1n) is 10.9. The van der Waals surface area contributed by atoms with Crippen molar-refractivity contribution in [2.45, 2.75) is 46.6 Å². The molecule has 0 radical (unpaired) electrons. The first-order valence-corrected chi connectivity index (χ1v) is 10.9. The highest BCUT2D eigenvalue weighted by atomic mass is 19.2. The lowest BCUT2D eigenvalue weighted by molar-refractivity contribution is 0.0486. The monoisotopic (exact) mass is 462 g/mol. The summed E-state index contributed by atoms with van der Waals surface area (Å²) < 4.78 is 53.7. The summed E-state index contributed by atoms with van der Waals surface area (Å²) in [6, 6.07) is 0. The maximum absolute atomic E-state index is 14.6. The predicted octanol–water partition coefficient (Wildman–Crippen LogP) is 8.72. The third-order valence-corrected chi connectivity index (χ3v) is 4.88. The molecule has 2 nitrogen and oxygen atoms in total. The standard InChI is InChI=1S/C28H37F3O2/c1-11-15-32-25(10)28(31)27(30)24(9)19(4)14-13-18(3)20(5)16-26(29)23(8)21(6)17-33-22(7)12-2/h13-14,16,21-22H,3-5,8-12,15,17H2,1-2,6-7H3/b14-13-,26-16+,28-27-. The van der Waals surface area contributed by atoms with Crippen molar-refractivity contribution in [3.05, 3.63) is 109 Å². The van der Waals surface area contributed by atoms with E-state index in [-0.39, 0.29) is 29.8 Å². The van der Waals surface area contributed by atoms with Crippen molar-refractivity contribution in [2.75, 3.05) is 13.2 Å². The van der Waals surface area contributed by atoms with Gasteiger partial charge in [0.2, 0.25) is 5.83 Å². The Morgan fingerprint density at radius 3 is 1.97 bits per heavy atom. The second-order valence-corrected chi connectivity index (χ2v) is 7.76. The average Bonchev–Trinajstić information content (AvgIpc) is 2.81. The van der Waals surface area contributed by atoms with Gasteiger partial charge in [-0.1, -0.05) is 72.4 Å². The Labute approximate surface area is 197 Å². The maximum atomic E-state index is 14.6. The van der Waals surface area contributed by atoms with E-state index in [0.717, 1.165) is 6.42 Å². The zero-order valence-corrected chi connectivity index (χ0v) is 20.4. The van der Waals surface area contributed by atoms with Crippen molar-refractivity contribution >= 4 is 0 Å². The van der Waals surface area contributed by atoms with Crippen molar-refractivity contribution in [2.24, 2.45) is 5.92 Å². The molecule has 0 aromatic heterocycles. The highest BCUT2D eigenvalue weighted by molar-refractivity contribution is 5.52. The van der Waals surface area contributed by atoms with Crippen molar-refractivity contribution < 1.29 is 22.6 Å². The molecule has 0 bridgehead atoms. The van der Waals surface area contributed by atoms with Crippen LogP contribution in [0.2, 0.25) is 0 Å². The van der Waals surface area contributed by atoms with E-state index >= 15 is 0 Å². The quantitative estimate of drug-likeness (QED) is 0.169. The Kier molecular flexibility index (Phi) is 13.8. The average molecular weight is 463 g/mol. The van der Waals surface area contributed by atoms with E-state index in [1.807, 2.05) is 27.7 Å². The third-order valence-electron chi connectivity index (χ3n) is 4.88. The lowest BCUT2D eigenvalue weighted by Gasteiger charge is -2.17. The molecule has 0 amide bonds. The Morgan fingerprint density at radius 1 is 0.848 bits per heavy atom. The topological polar surface area (TPSA) is 18.5 Å². The van der Waals surface area contributed by atoms with E-state index < -0.39 is 23.2 Å². The molecule has 0 aromatic carbocycles. The first-order chi connectivity index (χ1) is 15.4. The van der Waals surface area contributed by atoms with Gasteiger partial charge < -0.3 is 9.47 Å². The second-order valence-electron chi connectivity index (χ2n) is 7.76. The minimum atomic E-state index is -1.24. The van der Waals surface area contributed by atoms with Crippen LogP contribution in [0, 0.1) is 5.92 Å². The normalized spacial score (nSPS) is 14.3. The fourth-order valence-electron chi connectivity index (χ4n) is 2.19. The summed E-state index contributed by atoms with van der Waals surface area (Å²) in [4.78, 5) is 0. The molecule has 33 heavy (non-hydrogen) atoms. The van der Waals surface area contributed by atoms with Crippen molar-refractivity contribution in [3.8, 4) is 0 Å². The summed E-state index contributed by atoms with van der Waals surface area (Å²) in [6.45, 7) is 30.2. The van der Waals surface area contributed by atoms with Gasteiger partial charge in [0.25, 0.3) is 0 Å². The third kappa shape index (κ3) is 10.6. The van der Waals surface area contributed by atoms with E-state index in [4.69, 9.17) is 9.47 Å². The molecule has 182 valence electrons. The molecule has 0 rings (SSSR count). The van der Waals surface area contributed by atoms with Gasteiger partial charge in [0.05, 0.1) is 19.3 Å². The van der Waals surface area contributed by atoms with Crippen LogP contribution in [0.4, 0.5) is 13.2 Å². The van der Waals surface area contributed by atoms with Gasteiger partial charge in [-0.15, -0.1) is 0 Å². The second kappa shape index (κ2) is 15.1. The summed E-state index contributed by atoms with van der Waals surface area (Å²) in [5, 5.41) is 0. The zero-order valence-electron chi connectivity index (χ0n) is 20.4. The molecule has 5 heteroatoms. The molecule has 0 N–H and O–H groups in total. The van der Waals surface area contributed by atoms with Crippen molar-refractivity contribution in [3.63, 3.8) is 0 Å². The molecule has 0 fully saturated rings. The van der Waals surface area contributed by atoms with E-state index in [1.165, 1.54) is 18.2 Å². The highest BCUT2D eigenvalue weighted by Crippen LogP contribution is 2.28. The summed E-state index contributed by atoms with van der Waals surface area (Å²) in [6.07, 6.45) is 5.66. The maximum Gasteiger partial charge on any atom is 0.200 e. The predicted molar refractivity (Wildman–Crippen MR) is 134 cm³/mol. The number of rotatable bonds is 16. The van der Waals surface area contributed by atoms with E-state index in [1.54, 1.807) is 0 Å². The number of halogens is 3. The van der Waals surface area contributed by atoms with Crippen LogP contribution in [0.1, 0.15) is 40.5 Å². The van der Waals surface area contributed by atoms with Crippen LogP contribution in [-0.4, -0.2) is 19.3 Å². The van der Waals surface area contributed by atoms with Gasteiger partial charge in [-0.2, -0.15) is 4.39 Å². The molecule has 2 unspecified atom stereocenters. The summed E-state index contributed by atoms with van der Waals surface area (Å²) >= 11 is 0. The molecule has 0 aliphatic heterocycles. The molecule has 0 aliphatic carbocycles. The Balaban J connectivity index is 5.12. The van der Waals surface area contributed by atoms with Gasteiger partial charge in [0.1, 0.15) is 5.83 Å². The number of allylic oxidation sites excluding steroid dienone is 10. The molecule has 0 saturated heterocycles. The van der Waals surface area contributed by atoms with Gasteiger partial charge in [0.15, 0.2) is 11.6 Å².